The number of hydrogen-bond donors (Lipinski definition) is 2. The van der Waals surface area contributed by atoms with Crippen molar-refractivity contribution < 1.29 is 4.39 Å². The Morgan fingerprint density at radius 3 is 2.77 bits per heavy atom. The molecule has 2 aromatic rings. The summed E-state index contributed by atoms with van der Waals surface area (Å²) in [7, 11) is 0. The zero-order chi connectivity index (χ0) is 9.26. The molecule has 0 saturated carbocycles. The van der Waals surface area contributed by atoms with Gasteiger partial charge in [-0.3, -0.25) is 0 Å². The van der Waals surface area contributed by atoms with Crippen molar-refractivity contribution in [3.8, 4) is 11.4 Å². The van der Waals surface area contributed by atoms with Crippen molar-refractivity contribution in [2.45, 2.75) is 0 Å². The Bertz CT molecular complexity index is 389. The number of hydrogen-bond acceptors (Lipinski definition) is 2. The molecule has 1 aromatic carbocycles. The van der Waals surface area contributed by atoms with Crippen molar-refractivity contribution in [2.75, 3.05) is 5.73 Å². The van der Waals surface area contributed by atoms with Gasteiger partial charge in [-0.2, -0.15) is 0 Å². The molecule has 0 aliphatic rings. The molecular weight excluding hydrogens is 169 g/mol. The number of aromatic nitrogens is 2. The van der Waals surface area contributed by atoms with Gasteiger partial charge in [-0.05, 0) is 18.2 Å². The molecule has 3 N–H and O–H groups in total. The van der Waals surface area contributed by atoms with Crippen molar-refractivity contribution in [1.29, 1.82) is 0 Å². The molecule has 1 heterocycles. The molecule has 0 radical (unpaired) electrons. The molecule has 0 spiro atoms. The van der Waals surface area contributed by atoms with E-state index in [1.54, 1.807) is 18.5 Å². The van der Waals surface area contributed by atoms with E-state index in [4.69, 9.17) is 5.73 Å². The van der Waals surface area contributed by atoms with Gasteiger partial charge in [0.1, 0.15) is 11.6 Å². The minimum atomic E-state index is -0.355. The average molecular weight is 177 g/mol. The minimum Gasteiger partial charge on any atom is -0.399 e. The van der Waals surface area contributed by atoms with Gasteiger partial charge in [0.05, 0.1) is 0 Å². The quantitative estimate of drug-likeness (QED) is 0.652. The molecule has 0 saturated heterocycles. The van der Waals surface area contributed by atoms with Gasteiger partial charge in [-0.15, -0.1) is 0 Å². The summed E-state index contributed by atoms with van der Waals surface area (Å²) >= 11 is 0. The lowest BCUT2D eigenvalue weighted by Crippen LogP contribution is -1.89. The van der Waals surface area contributed by atoms with Crippen molar-refractivity contribution >= 4 is 5.69 Å². The zero-order valence-electron chi connectivity index (χ0n) is 6.79. The van der Waals surface area contributed by atoms with E-state index < -0.39 is 0 Å². The standard InChI is InChI=1S/C9H8FN3/c10-7-3-6(4-8(11)5-7)9-12-1-2-13-9/h1-5H,11H2,(H,12,13). The highest BCUT2D eigenvalue weighted by atomic mass is 19.1. The Balaban J connectivity index is 2.53. The number of nitrogens with two attached hydrogens (primary N) is 1. The predicted octanol–water partition coefficient (Wildman–Crippen LogP) is 1.80. The first kappa shape index (κ1) is 7.79. The van der Waals surface area contributed by atoms with Crippen LogP contribution in [0.2, 0.25) is 0 Å². The maximum atomic E-state index is 12.9. The summed E-state index contributed by atoms with van der Waals surface area (Å²) < 4.78 is 12.9. The lowest BCUT2D eigenvalue weighted by molar-refractivity contribution is 0.629. The van der Waals surface area contributed by atoms with Gasteiger partial charge in [0, 0.05) is 23.6 Å². The van der Waals surface area contributed by atoms with Gasteiger partial charge in [0.2, 0.25) is 0 Å². The largest absolute Gasteiger partial charge is 0.399 e. The fourth-order valence-electron chi connectivity index (χ4n) is 1.17. The van der Waals surface area contributed by atoms with Crippen LogP contribution in [-0.4, -0.2) is 9.97 Å². The molecule has 0 atom stereocenters. The molecule has 2 rings (SSSR count). The van der Waals surface area contributed by atoms with Crippen molar-refractivity contribution in [3.05, 3.63) is 36.4 Å². The number of aromatic amines is 1. The summed E-state index contributed by atoms with van der Waals surface area (Å²) in [6.07, 6.45) is 3.28. The predicted molar refractivity (Wildman–Crippen MR) is 48.4 cm³/mol. The zero-order valence-corrected chi connectivity index (χ0v) is 6.79. The Labute approximate surface area is 74.4 Å². The average Bonchev–Trinajstić information content (AvgIpc) is 2.53. The van der Waals surface area contributed by atoms with Gasteiger partial charge >= 0.3 is 0 Å². The highest BCUT2D eigenvalue weighted by Crippen LogP contribution is 2.19. The third-order valence-electron chi connectivity index (χ3n) is 1.69. The number of rotatable bonds is 1. The van der Waals surface area contributed by atoms with Crippen molar-refractivity contribution in [1.82, 2.24) is 9.97 Å². The number of nitrogens with one attached hydrogen (secondary N) is 1. The Morgan fingerprint density at radius 1 is 1.31 bits per heavy atom. The molecular formula is C9H8FN3. The number of nitrogens with zero attached hydrogens (tertiary/aromatic N) is 1. The second-order valence-corrected chi connectivity index (χ2v) is 2.71. The van der Waals surface area contributed by atoms with Crippen LogP contribution in [0.5, 0.6) is 0 Å². The van der Waals surface area contributed by atoms with E-state index in [9.17, 15) is 4.39 Å². The molecule has 0 bridgehead atoms. The van der Waals surface area contributed by atoms with Gasteiger partial charge in [-0.25, -0.2) is 9.37 Å². The maximum absolute atomic E-state index is 12.9. The third-order valence-corrected chi connectivity index (χ3v) is 1.69. The molecule has 0 fully saturated rings. The van der Waals surface area contributed by atoms with E-state index in [2.05, 4.69) is 9.97 Å². The van der Waals surface area contributed by atoms with Crippen molar-refractivity contribution in [2.24, 2.45) is 0 Å². The molecule has 1 aromatic heterocycles. The summed E-state index contributed by atoms with van der Waals surface area (Å²) in [5.74, 6) is 0.262. The van der Waals surface area contributed by atoms with E-state index in [1.807, 2.05) is 0 Å². The highest BCUT2D eigenvalue weighted by Gasteiger charge is 2.02. The Kier molecular flexibility index (Phi) is 1.73. The summed E-state index contributed by atoms with van der Waals surface area (Å²) in [5.41, 5.74) is 6.53. The molecule has 0 aliphatic heterocycles. The lowest BCUT2D eigenvalue weighted by atomic mass is 10.2. The molecule has 13 heavy (non-hydrogen) atoms. The molecule has 4 heteroatoms. The van der Waals surface area contributed by atoms with Gasteiger partial charge in [-0.1, -0.05) is 0 Å². The van der Waals surface area contributed by atoms with E-state index in [0.717, 1.165) is 0 Å². The molecule has 3 nitrogen and oxygen atoms in total. The molecule has 0 unspecified atom stereocenters. The van der Waals surface area contributed by atoms with Crippen LogP contribution < -0.4 is 5.73 Å². The third kappa shape index (κ3) is 1.51. The van der Waals surface area contributed by atoms with Crippen molar-refractivity contribution in [3.63, 3.8) is 0 Å². The van der Waals surface area contributed by atoms with Gasteiger partial charge < -0.3 is 10.7 Å². The van der Waals surface area contributed by atoms with Crippen LogP contribution in [0.25, 0.3) is 11.4 Å². The first-order chi connectivity index (χ1) is 6.25. The van der Waals surface area contributed by atoms with Gasteiger partial charge in [0.15, 0.2) is 0 Å². The normalized spacial score (nSPS) is 10.2. The summed E-state index contributed by atoms with van der Waals surface area (Å²) in [5, 5.41) is 0. The Hall–Kier alpha value is -1.84. The first-order valence-electron chi connectivity index (χ1n) is 3.81. The van der Waals surface area contributed by atoms with Crippen LogP contribution in [-0.2, 0) is 0 Å². The fourth-order valence-corrected chi connectivity index (χ4v) is 1.17. The van der Waals surface area contributed by atoms with Gasteiger partial charge in [0.25, 0.3) is 0 Å². The molecule has 0 aliphatic carbocycles. The second-order valence-electron chi connectivity index (χ2n) is 2.71. The topological polar surface area (TPSA) is 54.7 Å². The van der Waals surface area contributed by atoms with E-state index >= 15 is 0 Å². The van der Waals surface area contributed by atoms with E-state index in [1.165, 1.54) is 12.1 Å². The molecule has 66 valence electrons. The number of benzene rings is 1. The second kappa shape index (κ2) is 2.90. The first-order valence-corrected chi connectivity index (χ1v) is 3.81. The lowest BCUT2D eigenvalue weighted by Gasteiger charge is -1.99. The summed E-state index contributed by atoms with van der Waals surface area (Å²) in [4.78, 5) is 6.87. The number of nitrogen functional groups attached to an aromatic ring is 1. The summed E-state index contributed by atoms with van der Waals surface area (Å²) in [6.45, 7) is 0. The van der Waals surface area contributed by atoms with Crippen LogP contribution >= 0.6 is 0 Å². The van der Waals surface area contributed by atoms with E-state index in [0.29, 0.717) is 17.1 Å². The minimum absolute atomic E-state index is 0.355. The maximum Gasteiger partial charge on any atom is 0.137 e. The SMILES string of the molecule is Nc1cc(F)cc(-c2ncc[nH]2)c1. The van der Waals surface area contributed by atoms with E-state index in [-0.39, 0.29) is 5.82 Å². The van der Waals surface area contributed by atoms with Crippen LogP contribution in [0, 0.1) is 5.82 Å². The number of halogens is 1. The number of imidazole rings is 1. The van der Waals surface area contributed by atoms with Crippen LogP contribution in [0.15, 0.2) is 30.6 Å². The number of anilines is 1. The van der Waals surface area contributed by atoms with Crippen LogP contribution in [0.1, 0.15) is 0 Å². The molecule has 0 amide bonds. The highest BCUT2D eigenvalue weighted by molar-refractivity contribution is 5.61. The van der Waals surface area contributed by atoms with Crippen LogP contribution in [0.4, 0.5) is 10.1 Å². The summed E-state index contributed by atoms with van der Waals surface area (Å²) in [6, 6.07) is 4.32. The van der Waals surface area contributed by atoms with Crippen LogP contribution in [0.3, 0.4) is 0 Å². The Morgan fingerprint density at radius 2 is 2.15 bits per heavy atom. The number of H-pyrrole nitrogens is 1. The monoisotopic (exact) mass is 177 g/mol. The smallest absolute Gasteiger partial charge is 0.137 e. The fraction of sp³-hybridized carbons (Fsp3) is 0.